The number of nitrogens with one attached hydrogen (secondary N) is 1. The first kappa shape index (κ1) is 20.8. The van der Waals surface area contributed by atoms with Crippen molar-refractivity contribution in [2.75, 3.05) is 0 Å². The van der Waals surface area contributed by atoms with Gasteiger partial charge in [-0.25, -0.2) is 8.78 Å². The molecule has 136 valence electrons. The van der Waals surface area contributed by atoms with Gasteiger partial charge in [0.2, 0.25) is 5.91 Å². The summed E-state index contributed by atoms with van der Waals surface area (Å²) in [7, 11) is -1.84. The smallest absolute Gasteiger partial charge is 0.252 e. The van der Waals surface area contributed by atoms with E-state index in [0.717, 1.165) is 18.2 Å². The largest absolute Gasteiger partial charge is 0.368 e. The van der Waals surface area contributed by atoms with Gasteiger partial charge in [-0.05, 0) is 23.2 Å². The molecule has 4 nitrogen and oxygen atoms in total. The second-order valence-corrected chi connectivity index (χ2v) is 12.4. The molecular weight excluding hydrogens is 342 g/mol. The topological polar surface area (TPSA) is 72.2 Å². The van der Waals surface area contributed by atoms with Crippen LogP contribution in [0.2, 0.25) is 18.1 Å². The van der Waals surface area contributed by atoms with Crippen LogP contribution < -0.4 is 11.1 Å². The van der Waals surface area contributed by atoms with E-state index in [1.54, 1.807) is 0 Å². The zero-order valence-electron chi connectivity index (χ0n) is 15.2. The van der Waals surface area contributed by atoms with Crippen LogP contribution >= 0.6 is 0 Å². The maximum atomic E-state index is 13.2. The van der Waals surface area contributed by atoms with Crippen LogP contribution in [0, 0.1) is 23.1 Å². The SMILES string of the molecule is CC(C)(C)[Si](C)(C)C#CC[C@H](NC(=O)c1ccc(F)c(F)c1)C(N)=O. The molecule has 7 heteroatoms. The molecule has 1 aromatic carbocycles. The normalized spacial score (nSPS) is 12.8. The Balaban J connectivity index is 2.87. The highest BCUT2D eigenvalue weighted by Gasteiger charge is 2.33. The Kier molecular flexibility index (Phi) is 6.49. The van der Waals surface area contributed by atoms with Gasteiger partial charge in [-0.1, -0.05) is 33.9 Å². The number of hydrogen-bond donors (Lipinski definition) is 2. The fourth-order valence-electron chi connectivity index (χ4n) is 1.66. The molecule has 0 fully saturated rings. The maximum absolute atomic E-state index is 13.2. The Morgan fingerprint density at radius 3 is 2.32 bits per heavy atom. The third kappa shape index (κ3) is 5.68. The molecule has 0 aliphatic carbocycles. The van der Waals surface area contributed by atoms with Crippen LogP contribution in [0.15, 0.2) is 18.2 Å². The van der Waals surface area contributed by atoms with Crippen LogP contribution in [0.1, 0.15) is 37.6 Å². The molecule has 25 heavy (non-hydrogen) atoms. The first-order chi connectivity index (χ1) is 11.3. The Morgan fingerprint density at radius 1 is 1.24 bits per heavy atom. The zero-order chi connectivity index (χ0) is 19.4. The van der Waals surface area contributed by atoms with E-state index in [1.807, 2.05) is 0 Å². The molecule has 0 spiro atoms. The van der Waals surface area contributed by atoms with E-state index in [2.05, 4.69) is 50.6 Å². The minimum atomic E-state index is -1.84. The highest BCUT2D eigenvalue weighted by molar-refractivity contribution is 6.87. The van der Waals surface area contributed by atoms with E-state index in [9.17, 15) is 18.4 Å². The van der Waals surface area contributed by atoms with Gasteiger partial charge in [-0.2, -0.15) is 0 Å². The standard InChI is InChI=1S/C18H24F2N2O2Si/c1-18(2,3)25(4,5)10-6-7-15(16(21)23)22-17(24)12-8-9-13(19)14(20)11-12/h8-9,11,15H,7H2,1-5H3,(H2,21,23)(H,22,24)/t15-/m0/s1. The van der Waals surface area contributed by atoms with Crippen molar-refractivity contribution in [1.82, 2.24) is 5.32 Å². The first-order valence-corrected chi connectivity index (χ1v) is 10.9. The molecule has 0 saturated heterocycles. The lowest BCUT2D eigenvalue weighted by Gasteiger charge is -2.31. The number of halogens is 2. The Morgan fingerprint density at radius 2 is 1.84 bits per heavy atom. The monoisotopic (exact) mass is 366 g/mol. The lowest BCUT2D eigenvalue weighted by Crippen LogP contribution is -2.44. The Labute approximate surface area is 148 Å². The van der Waals surface area contributed by atoms with Crippen molar-refractivity contribution in [1.29, 1.82) is 0 Å². The molecule has 3 N–H and O–H groups in total. The number of nitrogens with two attached hydrogens (primary N) is 1. The van der Waals surface area contributed by atoms with Crippen molar-refractivity contribution in [3.8, 4) is 11.5 Å². The summed E-state index contributed by atoms with van der Waals surface area (Å²) in [5.41, 5.74) is 8.45. The lowest BCUT2D eigenvalue weighted by atomic mass is 10.1. The Bertz CT molecular complexity index is 731. The van der Waals surface area contributed by atoms with Gasteiger partial charge >= 0.3 is 0 Å². The van der Waals surface area contributed by atoms with Gasteiger partial charge in [0.1, 0.15) is 14.1 Å². The summed E-state index contributed by atoms with van der Waals surface area (Å²) in [6.07, 6.45) is 0.0667. The van der Waals surface area contributed by atoms with Crippen LogP contribution in [-0.2, 0) is 4.79 Å². The molecule has 0 heterocycles. The van der Waals surface area contributed by atoms with Gasteiger partial charge in [0.25, 0.3) is 5.91 Å². The summed E-state index contributed by atoms with van der Waals surface area (Å²) in [4.78, 5) is 23.7. The first-order valence-electron chi connectivity index (χ1n) is 7.90. The summed E-state index contributed by atoms with van der Waals surface area (Å²) in [6, 6.07) is 1.75. The number of amides is 2. The minimum absolute atomic E-state index is 0.0666. The predicted octanol–water partition coefficient (Wildman–Crippen LogP) is 2.99. The average molecular weight is 366 g/mol. The van der Waals surface area contributed by atoms with Crippen LogP contribution in [0.4, 0.5) is 8.78 Å². The number of hydrogen-bond acceptors (Lipinski definition) is 2. The third-order valence-electron chi connectivity index (χ3n) is 4.41. The van der Waals surface area contributed by atoms with E-state index in [0.29, 0.717) is 0 Å². The molecule has 0 unspecified atom stereocenters. The number of primary amides is 1. The summed E-state index contributed by atoms with van der Waals surface area (Å²) in [5.74, 6) is -0.684. The summed E-state index contributed by atoms with van der Waals surface area (Å²) in [6.45, 7) is 10.6. The molecule has 0 radical (unpaired) electrons. The van der Waals surface area contributed by atoms with E-state index < -0.39 is 37.6 Å². The van der Waals surface area contributed by atoms with Gasteiger partial charge in [-0.3, -0.25) is 9.59 Å². The predicted molar refractivity (Wildman–Crippen MR) is 96.4 cm³/mol. The summed E-state index contributed by atoms with van der Waals surface area (Å²) < 4.78 is 26.1. The number of carbonyl (C=O) groups is 2. The third-order valence-corrected chi connectivity index (χ3v) is 8.96. The van der Waals surface area contributed by atoms with E-state index in [4.69, 9.17) is 5.73 Å². The van der Waals surface area contributed by atoms with Crippen LogP contribution in [-0.4, -0.2) is 25.9 Å². The van der Waals surface area contributed by atoms with Gasteiger partial charge in [-0.15, -0.1) is 11.5 Å². The van der Waals surface area contributed by atoms with Gasteiger partial charge < -0.3 is 11.1 Å². The van der Waals surface area contributed by atoms with E-state index >= 15 is 0 Å². The van der Waals surface area contributed by atoms with Crippen molar-refractivity contribution in [3.05, 3.63) is 35.4 Å². The number of benzene rings is 1. The van der Waals surface area contributed by atoms with Gasteiger partial charge in [0, 0.05) is 12.0 Å². The molecule has 0 bridgehead atoms. The Hall–Kier alpha value is -2.20. The molecule has 0 aliphatic heterocycles. The summed E-state index contributed by atoms with van der Waals surface area (Å²) >= 11 is 0. The highest BCUT2D eigenvalue weighted by Crippen LogP contribution is 2.35. The van der Waals surface area contributed by atoms with Crippen molar-refractivity contribution < 1.29 is 18.4 Å². The van der Waals surface area contributed by atoms with Gasteiger partial charge in [0.15, 0.2) is 11.6 Å². The highest BCUT2D eigenvalue weighted by atomic mass is 28.3. The van der Waals surface area contributed by atoms with Gasteiger partial charge in [0.05, 0.1) is 0 Å². The van der Waals surface area contributed by atoms with Crippen LogP contribution in [0.5, 0.6) is 0 Å². The second kappa shape index (κ2) is 7.79. The van der Waals surface area contributed by atoms with Crippen molar-refractivity contribution in [3.63, 3.8) is 0 Å². The molecule has 0 saturated carbocycles. The zero-order valence-corrected chi connectivity index (χ0v) is 16.2. The maximum Gasteiger partial charge on any atom is 0.252 e. The molecule has 1 atom stereocenters. The fraction of sp³-hybridized carbons (Fsp3) is 0.444. The van der Waals surface area contributed by atoms with Crippen LogP contribution in [0.25, 0.3) is 0 Å². The molecule has 2 amide bonds. The van der Waals surface area contributed by atoms with E-state index in [-0.39, 0.29) is 17.0 Å². The molecule has 1 rings (SSSR count). The summed E-state index contributed by atoms with van der Waals surface area (Å²) in [5, 5.41) is 2.48. The average Bonchev–Trinajstić information content (AvgIpc) is 2.47. The lowest BCUT2D eigenvalue weighted by molar-refractivity contribution is -0.119. The number of rotatable bonds is 4. The molecule has 1 aromatic rings. The van der Waals surface area contributed by atoms with Crippen molar-refractivity contribution in [2.45, 2.75) is 51.4 Å². The minimum Gasteiger partial charge on any atom is -0.368 e. The quantitative estimate of drug-likeness (QED) is 0.635. The molecular formula is C18H24F2N2O2Si. The fourth-order valence-corrected chi connectivity index (χ4v) is 2.58. The van der Waals surface area contributed by atoms with Crippen molar-refractivity contribution in [2.24, 2.45) is 5.73 Å². The van der Waals surface area contributed by atoms with Crippen LogP contribution in [0.3, 0.4) is 0 Å². The molecule has 0 aliphatic rings. The second-order valence-electron chi connectivity index (χ2n) is 7.44. The van der Waals surface area contributed by atoms with E-state index in [1.165, 1.54) is 0 Å². The molecule has 0 aromatic heterocycles. The van der Waals surface area contributed by atoms with Crippen molar-refractivity contribution >= 4 is 19.9 Å². The number of carbonyl (C=O) groups excluding carboxylic acids is 2.